The summed E-state index contributed by atoms with van der Waals surface area (Å²) >= 11 is 1.72. The molecule has 0 bridgehead atoms. The highest BCUT2D eigenvalue weighted by Crippen LogP contribution is 2.13. The van der Waals surface area contributed by atoms with Crippen molar-refractivity contribution in [3.63, 3.8) is 0 Å². The van der Waals surface area contributed by atoms with Crippen LogP contribution in [0.4, 0.5) is 0 Å². The Balaban J connectivity index is 0.00000722. The lowest BCUT2D eigenvalue weighted by Gasteiger charge is -2.17. The van der Waals surface area contributed by atoms with Gasteiger partial charge in [0.15, 0.2) is 12.7 Å². The Bertz CT molecular complexity index is 759. The molecule has 0 saturated carbocycles. The standard InChI is InChI=1S/C32H54NO3S.BrH/c1-3-5-6-7-8-9-10-11-12-13-14-15-16-17-22-34-27-32(36-4-2)28-35-26-31-20-18-19-30(24-31)25-33-21-23-37-29-33;/h18-21,23-24,29,32H,3-17,22,25-28H2,1-2H3;1H/q+1;/p-1. The molecule has 0 aliphatic carbocycles. The van der Waals surface area contributed by atoms with Gasteiger partial charge < -0.3 is 31.2 Å². The first-order valence-electron chi connectivity index (χ1n) is 15.1. The fraction of sp³-hybridized carbons (Fsp3) is 0.719. The molecular weight excluding hydrogens is 558 g/mol. The van der Waals surface area contributed by atoms with Crippen LogP contribution in [0, 0.1) is 0 Å². The van der Waals surface area contributed by atoms with Crippen LogP contribution < -0.4 is 21.5 Å². The Hall–Kier alpha value is -0.790. The van der Waals surface area contributed by atoms with E-state index in [1.165, 1.54) is 94.6 Å². The lowest BCUT2D eigenvalue weighted by molar-refractivity contribution is -0.683. The molecular formula is C32H54BrNO3S. The minimum Gasteiger partial charge on any atom is -1.00 e. The normalized spacial score (nSPS) is 11.9. The van der Waals surface area contributed by atoms with Gasteiger partial charge in [-0.15, -0.1) is 0 Å². The van der Waals surface area contributed by atoms with E-state index in [0.717, 1.165) is 19.6 Å². The first-order chi connectivity index (χ1) is 18.3. The number of nitrogens with zero attached hydrogens (tertiary/aromatic N) is 1. The van der Waals surface area contributed by atoms with Gasteiger partial charge in [-0.2, -0.15) is 4.57 Å². The molecule has 2 rings (SSSR count). The maximum absolute atomic E-state index is 5.99. The average Bonchev–Trinajstić information content (AvgIpc) is 3.41. The van der Waals surface area contributed by atoms with Crippen LogP contribution in [0.25, 0.3) is 0 Å². The highest BCUT2D eigenvalue weighted by molar-refractivity contribution is 7.07. The highest BCUT2D eigenvalue weighted by Gasteiger charge is 2.10. The second kappa shape index (κ2) is 25.2. The molecule has 4 nitrogen and oxygen atoms in total. The molecule has 0 aliphatic heterocycles. The minimum absolute atomic E-state index is 0. The quantitative estimate of drug-likeness (QED) is 0.110. The van der Waals surface area contributed by atoms with Gasteiger partial charge in [0, 0.05) is 18.8 Å². The van der Waals surface area contributed by atoms with Crippen molar-refractivity contribution >= 4 is 11.3 Å². The molecule has 0 fully saturated rings. The van der Waals surface area contributed by atoms with Crippen molar-refractivity contribution in [1.29, 1.82) is 0 Å². The topological polar surface area (TPSA) is 31.6 Å². The fourth-order valence-electron chi connectivity index (χ4n) is 4.68. The van der Waals surface area contributed by atoms with Crippen LogP contribution in [0.2, 0.25) is 0 Å². The number of thiazole rings is 1. The molecule has 218 valence electrons. The maximum atomic E-state index is 5.99. The summed E-state index contributed by atoms with van der Waals surface area (Å²) in [6, 6.07) is 8.64. The summed E-state index contributed by atoms with van der Waals surface area (Å²) in [4.78, 5) is 0. The summed E-state index contributed by atoms with van der Waals surface area (Å²) in [5.41, 5.74) is 4.63. The van der Waals surface area contributed by atoms with Gasteiger partial charge in [-0.3, -0.25) is 0 Å². The minimum atomic E-state index is 0. The number of aromatic nitrogens is 1. The van der Waals surface area contributed by atoms with E-state index in [9.17, 15) is 0 Å². The van der Waals surface area contributed by atoms with E-state index in [1.54, 1.807) is 11.3 Å². The van der Waals surface area contributed by atoms with E-state index in [2.05, 4.69) is 52.8 Å². The zero-order valence-electron chi connectivity index (χ0n) is 24.2. The Morgan fingerprint density at radius 3 is 1.97 bits per heavy atom. The molecule has 0 amide bonds. The van der Waals surface area contributed by atoms with Crippen molar-refractivity contribution in [2.45, 2.75) is 123 Å². The van der Waals surface area contributed by atoms with Crippen LogP contribution in [0.3, 0.4) is 0 Å². The molecule has 0 radical (unpaired) electrons. The molecule has 0 spiro atoms. The maximum Gasteiger partial charge on any atom is 0.224 e. The second-order valence-electron chi connectivity index (χ2n) is 10.3. The van der Waals surface area contributed by atoms with Gasteiger partial charge >= 0.3 is 0 Å². The lowest BCUT2D eigenvalue weighted by atomic mass is 10.0. The predicted octanol–water partition coefficient (Wildman–Crippen LogP) is 5.51. The molecule has 0 saturated heterocycles. The van der Waals surface area contributed by atoms with Crippen molar-refractivity contribution in [3.8, 4) is 0 Å². The van der Waals surface area contributed by atoms with Gasteiger partial charge in [-0.1, -0.05) is 120 Å². The van der Waals surface area contributed by atoms with Crippen molar-refractivity contribution in [3.05, 3.63) is 52.5 Å². The summed E-state index contributed by atoms with van der Waals surface area (Å²) in [6.07, 6.45) is 21.4. The highest BCUT2D eigenvalue weighted by atomic mass is 79.9. The molecule has 1 atom stereocenters. The van der Waals surface area contributed by atoms with Gasteiger partial charge in [-0.25, -0.2) is 0 Å². The molecule has 1 unspecified atom stereocenters. The van der Waals surface area contributed by atoms with Crippen molar-refractivity contribution in [2.75, 3.05) is 26.4 Å². The molecule has 1 aromatic heterocycles. The zero-order chi connectivity index (χ0) is 26.2. The van der Waals surface area contributed by atoms with Gasteiger partial charge in [0.25, 0.3) is 0 Å². The first-order valence-corrected chi connectivity index (χ1v) is 16.0. The summed E-state index contributed by atoms with van der Waals surface area (Å²) in [7, 11) is 0. The van der Waals surface area contributed by atoms with Gasteiger partial charge in [0.05, 0.1) is 25.2 Å². The lowest BCUT2D eigenvalue weighted by Crippen LogP contribution is -3.00. The molecule has 1 aromatic carbocycles. The van der Waals surface area contributed by atoms with E-state index >= 15 is 0 Å². The third-order valence-corrected chi connectivity index (χ3v) is 7.48. The van der Waals surface area contributed by atoms with E-state index in [0.29, 0.717) is 26.4 Å². The predicted molar refractivity (Wildman–Crippen MR) is 156 cm³/mol. The van der Waals surface area contributed by atoms with Crippen LogP contribution >= 0.6 is 11.3 Å². The number of hydrogen-bond donors (Lipinski definition) is 0. The van der Waals surface area contributed by atoms with Crippen molar-refractivity contribution in [1.82, 2.24) is 0 Å². The largest absolute Gasteiger partial charge is 1.00 e. The summed E-state index contributed by atoms with van der Waals surface area (Å²) in [6.45, 7) is 8.50. The van der Waals surface area contributed by atoms with Gasteiger partial charge in [0.2, 0.25) is 5.51 Å². The van der Waals surface area contributed by atoms with Crippen LogP contribution in [-0.4, -0.2) is 32.5 Å². The smallest absolute Gasteiger partial charge is 0.224 e. The van der Waals surface area contributed by atoms with Gasteiger partial charge in [0.1, 0.15) is 6.10 Å². The monoisotopic (exact) mass is 611 g/mol. The Morgan fingerprint density at radius 1 is 0.763 bits per heavy atom. The molecule has 2 aromatic rings. The number of benzene rings is 1. The summed E-state index contributed by atoms with van der Waals surface area (Å²) in [5, 5.41) is 2.10. The molecule has 0 N–H and O–H groups in total. The van der Waals surface area contributed by atoms with E-state index < -0.39 is 0 Å². The van der Waals surface area contributed by atoms with Crippen LogP contribution in [0.1, 0.15) is 115 Å². The number of hydrogen-bond acceptors (Lipinski definition) is 4. The van der Waals surface area contributed by atoms with Crippen LogP contribution in [-0.2, 0) is 27.4 Å². The third kappa shape index (κ3) is 18.5. The zero-order valence-corrected chi connectivity index (χ0v) is 26.6. The van der Waals surface area contributed by atoms with Gasteiger partial charge in [-0.05, 0) is 25.0 Å². The Kier molecular flexibility index (Phi) is 23.4. The summed E-state index contributed by atoms with van der Waals surface area (Å²) in [5.74, 6) is 0. The van der Waals surface area contributed by atoms with E-state index in [-0.39, 0.29) is 23.1 Å². The number of ether oxygens (including phenoxy) is 3. The number of unbranched alkanes of at least 4 members (excludes halogenated alkanes) is 13. The Morgan fingerprint density at radius 2 is 1.37 bits per heavy atom. The third-order valence-electron chi connectivity index (χ3n) is 6.80. The van der Waals surface area contributed by atoms with Crippen LogP contribution in [0.5, 0.6) is 0 Å². The fourth-order valence-corrected chi connectivity index (χ4v) is 5.28. The molecule has 1 heterocycles. The molecule has 0 aliphatic rings. The molecule has 6 heteroatoms. The summed E-state index contributed by atoms with van der Waals surface area (Å²) < 4.78 is 20.0. The van der Waals surface area contributed by atoms with Crippen molar-refractivity contribution in [2.24, 2.45) is 0 Å². The first kappa shape index (κ1) is 35.2. The second-order valence-corrected chi connectivity index (χ2v) is 11.0. The van der Waals surface area contributed by atoms with E-state index in [1.807, 2.05) is 6.92 Å². The van der Waals surface area contributed by atoms with E-state index in [4.69, 9.17) is 14.2 Å². The van der Waals surface area contributed by atoms with Crippen molar-refractivity contribution < 1.29 is 35.8 Å². The SMILES string of the molecule is CCCCCCCCCCCCCCCCOCC(COCc1cccc(C[n+]2ccsc2)c1)OCC.[Br-]. The Labute approximate surface area is 248 Å². The van der Waals surface area contributed by atoms with Crippen LogP contribution in [0.15, 0.2) is 41.4 Å². The molecule has 38 heavy (non-hydrogen) atoms. The number of rotatable bonds is 25. The average molecular weight is 613 g/mol. The number of halogens is 1.